The highest BCUT2D eigenvalue weighted by Crippen LogP contribution is 2.34. The van der Waals surface area contributed by atoms with Crippen molar-refractivity contribution in [3.63, 3.8) is 0 Å². The number of aliphatic hydroxyl groups is 11. The topological polar surface area (TPSA) is 307 Å². The number of ether oxygens (including phenoxy) is 6. The van der Waals surface area contributed by atoms with Crippen molar-refractivity contribution in [2.75, 3.05) is 26.4 Å². The summed E-state index contributed by atoms with van der Waals surface area (Å²) in [6.45, 7) is 1.74. The molecule has 3 fully saturated rings. The van der Waals surface area contributed by atoms with Gasteiger partial charge in [0.1, 0.15) is 73.2 Å². The van der Waals surface area contributed by atoms with Crippen molar-refractivity contribution in [1.82, 2.24) is 5.32 Å². The van der Waals surface area contributed by atoms with Crippen LogP contribution in [0.5, 0.6) is 0 Å². The number of hydrogen-bond donors (Lipinski definition) is 12. The van der Waals surface area contributed by atoms with Gasteiger partial charge in [-0.25, -0.2) is 0 Å². The molecule has 19 nitrogen and oxygen atoms in total. The first-order valence-corrected chi connectivity index (χ1v) is 45.7. The highest BCUT2D eigenvalue weighted by Gasteiger charge is 2.54. The first-order chi connectivity index (χ1) is 54.3. The number of nitrogens with one attached hydrogen (secondary N) is 1. The van der Waals surface area contributed by atoms with Gasteiger partial charge in [-0.05, 0) is 64.2 Å². The number of amides is 1. The van der Waals surface area contributed by atoms with Crippen molar-refractivity contribution in [1.29, 1.82) is 0 Å². The lowest BCUT2D eigenvalue weighted by Crippen LogP contribution is -2.66. The number of rotatable bonds is 74. The molecule has 3 aliphatic heterocycles. The summed E-state index contributed by atoms with van der Waals surface area (Å²) in [4.78, 5) is 13.6. The summed E-state index contributed by atoms with van der Waals surface area (Å²) in [5.41, 5.74) is 0. The minimum Gasteiger partial charge on any atom is -0.394 e. The van der Waals surface area contributed by atoms with Crippen LogP contribution in [0.25, 0.3) is 0 Å². The zero-order chi connectivity index (χ0) is 80.3. The highest BCUT2D eigenvalue weighted by molar-refractivity contribution is 5.76. The Labute approximate surface area is 674 Å². The van der Waals surface area contributed by atoms with Crippen LogP contribution >= 0.6 is 0 Å². The van der Waals surface area contributed by atoms with Gasteiger partial charge in [-0.15, -0.1) is 0 Å². The maximum absolute atomic E-state index is 13.6. The van der Waals surface area contributed by atoms with Gasteiger partial charge in [0.15, 0.2) is 18.9 Å². The zero-order valence-corrected chi connectivity index (χ0v) is 69.9. The molecule has 648 valence electrons. The number of carbonyl (C=O) groups excluding carboxylic acids is 1. The molecule has 0 radical (unpaired) electrons. The van der Waals surface area contributed by atoms with E-state index >= 15 is 0 Å². The second kappa shape index (κ2) is 71.3. The predicted molar refractivity (Wildman–Crippen MR) is 448 cm³/mol. The molecule has 3 saturated heterocycles. The van der Waals surface area contributed by atoms with Crippen LogP contribution in [0.15, 0.2) is 72.9 Å². The molecular formula is C92H167NO18. The lowest BCUT2D eigenvalue weighted by Gasteiger charge is -2.48. The van der Waals surface area contributed by atoms with Crippen molar-refractivity contribution in [2.45, 2.75) is 478 Å². The summed E-state index contributed by atoms with van der Waals surface area (Å²) >= 11 is 0. The predicted octanol–water partition coefficient (Wildman–Crippen LogP) is 17.5. The van der Waals surface area contributed by atoms with Gasteiger partial charge < -0.3 is 89.9 Å². The molecule has 19 heteroatoms. The third-order valence-corrected chi connectivity index (χ3v) is 22.5. The molecule has 0 aliphatic carbocycles. The van der Waals surface area contributed by atoms with E-state index in [4.69, 9.17) is 28.4 Å². The normalized spacial score (nSPS) is 25.4. The summed E-state index contributed by atoms with van der Waals surface area (Å²) in [6, 6.07) is -0.892. The van der Waals surface area contributed by atoms with Crippen LogP contribution in [0.4, 0.5) is 0 Å². The van der Waals surface area contributed by atoms with E-state index < -0.39 is 124 Å². The van der Waals surface area contributed by atoms with E-state index in [-0.39, 0.29) is 18.9 Å². The fourth-order valence-electron chi connectivity index (χ4n) is 15.3. The molecule has 0 bridgehead atoms. The summed E-state index contributed by atoms with van der Waals surface area (Å²) in [6.07, 6.45) is 68.6. The standard InChI is InChI=1S/C92H167NO18/c1-3-5-7-9-11-13-15-17-19-21-23-25-27-29-31-33-35-36-37-38-40-42-44-46-48-50-52-54-56-58-60-62-64-66-68-70-80(98)93-75(76(97)69-67-65-63-61-59-57-55-53-51-49-47-45-43-41-39-34-32-30-28-26-24-22-20-18-16-14-12-10-8-6-4-2)74-106-90-86(104)83(101)88(78(72-95)108-90)111-92-87(105)84(102)89(79(73-96)109-92)110-91-85(103)82(100)81(99)77(71-94)107-91/h5,7,11,13,17,19,23,25,29,31,35-36,75-79,81-92,94-97,99-105H,3-4,6,8-10,12,14-16,18,20-22,24,26-28,30,32-34,37-74H2,1-2H3,(H,93,98)/b7-5-,13-11-,19-17-,25-23-,31-29-,36-35-. The molecule has 3 rings (SSSR count). The Balaban J connectivity index is 1.32. The quantitative estimate of drug-likeness (QED) is 0.0199. The zero-order valence-electron chi connectivity index (χ0n) is 69.9. The first kappa shape index (κ1) is 102. The average Bonchev–Trinajstić information content (AvgIpc) is 0.780. The summed E-state index contributed by atoms with van der Waals surface area (Å²) < 4.78 is 34.6. The van der Waals surface area contributed by atoms with Crippen LogP contribution in [0, 0.1) is 0 Å². The maximum atomic E-state index is 13.6. The average molecular weight is 1580 g/mol. The minimum atomic E-state index is -1.98. The Kier molecular flexibility index (Phi) is 65.8. The molecule has 17 unspecified atom stereocenters. The molecule has 3 aliphatic rings. The largest absolute Gasteiger partial charge is 0.394 e. The summed E-state index contributed by atoms with van der Waals surface area (Å²) in [5, 5.41) is 121. The van der Waals surface area contributed by atoms with E-state index in [1.807, 2.05) is 0 Å². The van der Waals surface area contributed by atoms with Gasteiger partial charge in [0, 0.05) is 6.42 Å². The Hall–Kier alpha value is -2.77. The summed E-state index contributed by atoms with van der Waals surface area (Å²) in [5.74, 6) is -0.238. The van der Waals surface area contributed by atoms with Crippen LogP contribution in [-0.4, -0.2) is 193 Å². The van der Waals surface area contributed by atoms with E-state index in [1.165, 1.54) is 257 Å². The van der Waals surface area contributed by atoms with Crippen molar-refractivity contribution < 1.29 is 89.4 Å². The third-order valence-electron chi connectivity index (χ3n) is 22.5. The SMILES string of the molecule is CC/C=C\C/C=C\C/C=C\C/C=C\C/C=C\C/C=C\CCCCCCCCCCCCCCCCCCC(=O)NC(COC1OC(CO)C(OC2OC(CO)C(OC3OC(CO)C(O)C(O)C3O)C(O)C2O)C(O)C1O)C(O)CCCCCCCCCCCCCCCCCCCCCCCCCCCCCCCCC. The second-order valence-corrected chi connectivity index (χ2v) is 32.4. The lowest BCUT2D eigenvalue weighted by atomic mass is 9.96. The summed E-state index contributed by atoms with van der Waals surface area (Å²) in [7, 11) is 0. The van der Waals surface area contributed by atoms with Gasteiger partial charge in [0.05, 0.1) is 38.6 Å². The van der Waals surface area contributed by atoms with E-state index in [0.717, 1.165) is 83.5 Å². The van der Waals surface area contributed by atoms with Crippen LogP contribution < -0.4 is 5.32 Å². The molecule has 17 atom stereocenters. The Morgan fingerprint density at radius 1 is 0.333 bits per heavy atom. The number of carbonyl (C=O) groups is 1. The van der Waals surface area contributed by atoms with Gasteiger partial charge in [-0.2, -0.15) is 0 Å². The van der Waals surface area contributed by atoms with Gasteiger partial charge in [0.25, 0.3) is 0 Å². The molecular weight excluding hydrogens is 1410 g/mol. The van der Waals surface area contributed by atoms with E-state index in [9.17, 15) is 61.0 Å². The molecule has 0 saturated carbocycles. The van der Waals surface area contributed by atoms with E-state index in [2.05, 4.69) is 92.1 Å². The first-order valence-electron chi connectivity index (χ1n) is 45.7. The van der Waals surface area contributed by atoms with Crippen LogP contribution in [0.2, 0.25) is 0 Å². The minimum absolute atomic E-state index is 0.238. The third kappa shape index (κ3) is 49.9. The van der Waals surface area contributed by atoms with Crippen molar-refractivity contribution >= 4 is 5.91 Å². The number of unbranched alkanes of at least 4 members (excludes halogenated alkanes) is 46. The van der Waals surface area contributed by atoms with E-state index in [0.29, 0.717) is 12.8 Å². The van der Waals surface area contributed by atoms with Gasteiger partial charge >= 0.3 is 0 Å². The monoisotopic (exact) mass is 1570 g/mol. The molecule has 1 amide bonds. The van der Waals surface area contributed by atoms with Crippen molar-refractivity contribution in [3.8, 4) is 0 Å². The Morgan fingerprint density at radius 2 is 0.622 bits per heavy atom. The Bertz CT molecular complexity index is 2280. The molecule has 0 spiro atoms. The molecule has 0 aromatic heterocycles. The second-order valence-electron chi connectivity index (χ2n) is 32.4. The van der Waals surface area contributed by atoms with Crippen LogP contribution in [0.3, 0.4) is 0 Å². The van der Waals surface area contributed by atoms with Crippen LogP contribution in [0.1, 0.15) is 373 Å². The molecule has 111 heavy (non-hydrogen) atoms. The molecule has 3 heterocycles. The number of allylic oxidation sites excluding steroid dienone is 12. The number of hydrogen-bond acceptors (Lipinski definition) is 18. The molecule has 0 aromatic rings. The van der Waals surface area contributed by atoms with Gasteiger partial charge in [-0.1, -0.05) is 376 Å². The molecule has 12 N–H and O–H groups in total. The fraction of sp³-hybridized carbons (Fsp3) is 0.859. The highest BCUT2D eigenvalue weighted by atomic mass is 16.8. The number of aliphatic hydroxyl groups excluding tert-OH is 11. The Morgan fingerprint density at radius 3 is 0.973 bits per heavy atom. The fourth-order valence-corrected chi connectivity index (χ4v) is 15.3. The van der Waals surface area contributed by atoms with E-state index in [1.54, 1.807) is 0 Å². The maximum Gasteiger partial charge on any atom is 0.220 e. The van der Waals surface area contributed by atoms with Crippen molar-refractivity contribution in [3.05, 3.63) is 72.9 Å². The van der Waals surface area contributed by atoms with Crippen molar-refractivity contribution in [2.24, 2.45) is 0 Å². The molecule has 0 aromatic carbocycles. The smallest absolute Gasteiger partial charge is 0.220 e. The van der Waals surface area contributed by atoms with Gasteiger partial charge in [0.2, 0.25) is 5.91 Å². The van der Waals surface area contributed by atoms with Crippen LogP contribution in [-0.2, 0) is 33.2 Å². The lowest BCUT2D eigenvalue weighted by molar-refractivity contribution is -0.379. The van der Waals surface area contributed by atoms with Gasteiger partial charge in [-0.3, -0.25) is 4.79 Å².